The second-order valence-electron chi connectivity index (χ2n) is 15.9. The SMILES string of the molecule is C[C@H]1O[C@@H](O[C@H]2CC[C@@]3(C(=O)O)[C@@H](CC[C@@H]4[C@@H]3CC[C@]3(C)[C@@H](/C(=C/C(=O)O)CO)CC[C@]43O)C2)C[C@H](O)[C@H]1O[C@@H]1O[C@H](CO)[C@@H](O)[C@H](O)[C@H]1O. The van der Waals surface area contributed by atoms with Gasteiger partial charge in [-0.3, -0.25) is 4.79 Å². The van der Waals surface area contributed by atoms with E-state index in [-0.39, 0.29) is 36.2 Å². The fourth-order valence-corrected chi connectivity index (χ4v) is 11.2. The van der Waals surface area contributed by atoms with Gasteiger partial charge in [0.25, 0.3) is 0 Å². The molecule has 4 saturated carbocycles. The molecule has 0 bridgehead atoms. The van der Waals surface area contributed by atoms with Gasteiger partial charge in [-0.15, -0.1) is 0 Å². The van der Waals surface area contributed by atoms with Gasteiger partial charge in [-0.05, 0) is 94.0 Å². The Hall–Kier alpha value is -1.76. The largest absolute Gasteiger partial charge is 0.481 e. The van der Waals surface area contributed by atoms with Crippen LogP contribution in [0.25, 0.3) is 0 Å². The van der Waals surface area contributed by atoms with Gasteiger partial charge >= 0.3 is 11.9 Å². The van der Waals surface area contributed by atoms with Gasteiger partial charge in [0.1, 0.15) is 30.5 Å². The van der Waals surface area contributed by atoms with Crippen LogP contribution in [-0.2, 0) is 28.5 Å². The number of carboxylic acid groups (broad SMARTS) is 2. The van der Waals surface area contributed by atoms with Crippen molar-refractivity contribution in [2.24, 2.45) is 34.5 Å². The number of aliphatic carboxylic acids is 2. The van der Waals surface area contributed by atoms with Crippen molar-refractivity contribution >= 4 is 11.9 Å². The van der Waals surface area contributed by atoms with E-state index < -0.39 is 96.9 Å². The lowest BCUT2D eigenvalue weighted by atomic mass is 9.42. The first-order valence-corrected chi connectivity index (χ1v) is 18.1. The first kappa shape index (κ1) is 38.0. The number of ether oxygens (including phenoxy) is 4. The molecule has 0 radical (unpaired) electrons. The van der Waals surface area contributed by atoms with Crippen LogP contribution in [-0.4, -0.2) is 138 Å². The number of aliphatic hydroxyl groups excluding tert-OH is 6. The quantitative estimate of drug-likeness (QED) is 0.112. The van der Waals surface area contributed by atoms with Crippen LogP contribution in [0, 0.1) is 34.5 Å². The fourth-order valence-electron chi connectivity index (χ4n) is 11.2. The topological polar surface area (TPSA) is 253 Å². The molecule has 0 aromatic heterocycles. The van der Waals surface area contributed by atoms with Gasteiger partial charge in [-0.1, -0.05) is 6.92 Å². The molecule has 2 saturated heterocycles. The molecule has 284 valence electrons. The lowest BCUT2D eigenvalue weighted by Crippen LogP contribution is -2.65. The highest BCUT2D eigenvalue weighted by Crippen LogP contribution is 2.70. The molecule has 0 amide bonds. The minimum Gasteiger partial charge on any atom is -0.481 e. The molecule has 6 aliphatic rings. The zero-order valence-electron chi connectivity index (χ0n) is 28.6. The lowest BCUT2D eigenvalue weighted by Gasteiger charge is -2.63. The van der Waals surface area contributed by atoms with E-state index in [0.29, 0.717) is 63.4 Å². The van der Waals surface area contributed by atoms with E-state index in [1.165, 1.54) is 0 Å². The third-order valence-electron chi connectivity index (χ3n) is 13.8. The number of aliphatic hydroxyl groups is 7. The maximum absolute atomic E-state index is 13.3. The van der Waals surface area contributed by atoms with Crippen molar-refractivity contribution < 1.29 is 74.5 Å². The molecule has 0 aromatic carbocycles. The molecule has 0 aromatic rings. The third-order valence-corrected chi connectivity index (χ3v) is 13.8. The Morgan fingerprint density at radius 3 is 2.24 bits per heavy atom. The smallest absolute Gasteiger partial charge is 0.328 e. The van der Waals surface area contributed by atoms with Gasteiger partial charge < -0.3 is 64.9 Å². The molecule has 6 fully saturated rings. The molecule has 2 aliphatic heterocycles. The summed E-state index contributed by atoms with van der Waals surface area (Å²) in [7, 11) is 0. The molecule has 50 heavy (non-hydrogen) atoms. The molecule has 6 rings (SSSR count). The molecule has 0 spiro atoms. The van der Waals surface area contributed by atoms with Crippen LogP contribution in [0.2, 0.25) is 0 Å². The average Bonchev–Trinajstić information content (AvgIpc) is 3.35. The minimum absolute atomic E-state index is 0.0152. The van der Waals surface area contributed by atoms with Crippen LogP contribution >= 0.6 is 0 Å². The standard InChI is InChI=1S/C35H54O15/c1-16-30(50-31-29(43)28(42)27(41)24(15-37)49-31)23(38)13-26(47-16)48-19-5-9-34(32(44)45)18(12-19)3-4-22-21(34)6-8-33(2)20(7-10-35(22,33)46)17(14-36)11-25(39)40/h11,16,18-24,26-31,36-38,41-43,46H,3-10,12-15H2,1-2H3,(H,39,40)(H,44,45)/b17-11+/t16-,18+,19+,20-,21+,22-,23+,24-,26+,27-,28+,29-,30+,31+,33-,34-,35+/m1/s1. The molecular formula is C35H54O15. The Bertz CT molecular complexity index is 1280. The first-order valence-electron chi connectivity index (χ1n) is 18.1. The Morgan fingerprint density at radius 2 is 1.60 bits per heavy atom. The summed E-state index contributed by atoms with van der Waals surface area (Å²) in [6.45, 7) is 2.59. The minimum atomic E-state index is -1.63. The molecule has 4 aliphatic carbocycles. The molecule has 17 atom stereocenters. The Morgan fingerprint density at radius 1 is 0.860 bits per heavy atom. The van der Waals surface area contributed by atoms with Crippen LogP contribution in [0.5, 0.6) is 0 Å². The molecular weight excluding hydrogens is 660 g/mol. The second-order valence-corrected chi connectivity index (χ2v) is 15.9. The van der Waals surface area contributed by atoms with Crippen LogP contribution in [0.15, 0.2) is 11.6 Å². The summed E-state index contributed by atoms with van der Waals surface area (Å²) in [6.07, 6.45) is -5.84. The highest BCUT2D eigenvalue weighted by Gasteiger charge is 2.70. The second kappa shape index (κ2) is 14.2. The summed E-state index contributed by atoms with van der Waals surface area (Å²) in [6, 6.07) is 0. The predicted molar refractivity (Wildman–Crippen MR) is 170 cm³/mol. The summed E-state index contributed by atoms with van der Waals surface area (Å²) in [5.41, 5.74) is -2.54. The Labute approximate surface area is 290 Å². The van der Waals surface area contributed by atoms with E-state index in [4.69, 9.17) is 18.9 Å². The summed E-state index contributed by atoms with van der Waals surface area (Å²) >= 11 is 0. The number of rotatable bonds is 9. The van der Waals surface area contributed by atoms with Gasteiger partial charge in [-0.25, -0.2) is 4.79 Å². The maximum atomic E-state index is 13.3. The van der Waals surface area contributed by atoms with Crippen molar-refractivity contribution in [3.05, 3.63) is 11.6 Å². The monoisotopic (exact) mass is 714 g/mol. The van der Waals surface area contributed by atoms with E-state index in [0.717, 1.165) is 6.08 Å². The number of fused-ring (bicyclic) bond motifs is 5. The third kappa shape index (κ3) is 6.13. The van der Waals surface area contributed by atoms with Crippen LogP contribution < -0.4 is 0 Å². The van der Waals surface area contributed by atoms with Crippen LogP contribution in [0.3, 0.4) is 0 Å². The zero-order chi connectivity index (χ0) is 36.3. The van der Waals surface area contributed by atoms with E-state index in [1.54, 1.807) is 6.92 Å². The summed E-state index contributed by atoms with van der Waals surface area (Å²) in [5.74, 6) is -3.09. The van der Waals surface area contributed by atoms with Gasteiger partial charge in [-0.2, -0.15) is 0 Å². The number of hydrogen-bond donors (Lipinski definition) is 9. The van der Waals surface area contributed by atoms with Crippen molar-refractivity contribution in [2.75, 3.05) is 13.2 Å². The van der Waals surface area contributed by atoms with E-state index in [9.17, 15) is 55.5 Å². The molecule has 2 heterocycles. The average molecular weight is 715 g/mol. The van der Waals surface area contributed by atoms with Crippen LogP contribution in [0.4, 0.5) is 0 Å². The van der Waals surface area contributed by atoms with E-state index >= 15 is 0 Å². The van der Waals surface area contributed by atoms with Gasteiger partial charge in [0, 0.05) is 17.9 Å². The summed E-state index contributed by atoms with van der Waals surface area (Å²) in [4.78, 5) is 24.8. The Balaban J connectivity index is 1.11. The van der Waals surface area contributed by atoms with E-state index in [1.807, 2.05) is 6.92 Å². The molecule has 15 heteroatoms. The molecule has 0 unspecified atom stereocenters. The van der Waals surface area contributed by atoms with Crippen molar-refractivity contribution in [3.63, 3.8) is 0 Å². The normalized spacial score (nSPS) is 50.9. The summed E-state index contributed by atoms with van der Waals surface area (Å²) < 4.78 is 23.6. The van der Waals surface area contributed by atoms with Crippen molar-refractivity contribution in [2.45, 2.75) is 145 Å². The number of hydrogen-bond acceptors (Lipinski definition) is 13. The molecule has 9 N–H and O–H groups in total. The van der Waals surface area contributed by atoms with E-state index in [2.05, 4.69) is 0 Å². The fraction of sp³-hybridized carbons (Fsp3) is 0.886. The first-order chi connectivity index (χ1) is 23.6. The summed E-state index contributed by atoms with van der Waals surface area (Å²) in [5, 5.41) is 93.8. The highest BCUT2D eigenvalue weighted by atomic mass is 16.7. The van der Waals surface area contributed by atoms with Crippen molar-refractivity contribution in [1.82, 2.24) is 0 Å². The Kier molecular flexibility index (Phi) is 10.8. The number of carbonyl (C=O) groups is 2. The lowest BCUT2D eigenvalue weighted by molar-refractivity contribution is -0.344. The predicted octanol–water partition coefficient (Wildman–Crippen LogP) is -0.106. The zero-order valence-corrected chi connectivity index (χ0v) is 28.6. The van der Waals surface area contributed by atoms with Gasteiger partial charge in [0.05, 0.1) is 42.5 Å². The maximum Gasteiger partial charge on any atom is 0.328 e. The van der Waals surface area contributed by atoms with Gasteiger partial charge in [0.15, 0.2) is 12.6 Å². The van der Waals surface area contributed by atoms with Gasteiger partial charge in [0.2, 0.25) is 0 Å². The van der Waals surface area contributed by atoms with Crippen molar-refractivity contribution in [1.29, 1.82) is 0 Å². The number of carboxylic acids is 2. The molecule has 15 nitrogen and oxygen atoms in total. The van der Waals surface area contributed by atoms with Crippen molar-refractivity contribution in [3.8, 4) is 0 Å². The highest BCUT2D eigenvalue weighted by molar-refractivity contribution is 5.81. The van der Waals surface area contributed by atoms with Crippen LogP contribution in [0.1, 0.15) is 78.1 Å².